The van der Waals surface area contributed by atoms with Gasteiger partial charge in [-0.25, -0.2) is 9.69 Å². The number of carbonyl (C=O) groups is 3. The molecular formula is C21H19NO5S. The summed E-state index contributed by atoms with van der Waals surface area (Å²) in [7, 11) is 0. The SMILES string of the molecule is CCc1ccc(N2C(=O)S/C(=C/c3cccc(OC(C)C(=O)O)c3)C2=O)cc1. The zero-order chi connectivity index (χ0) is 20.3. The third-order valence-electron chi connectivity index (χ3n) is 4.21. The molecule has 1 fully saturated rings. The molecule has 1 heterocycles. The van der Waals surface area contributed by atoms with E-state index >= 15 is 0 Å². The van der Waals surface area contributed by atoms with Crippen molar-refractivity contribution in [2.24, 2.45) is 0 Å². The van der Waals surface area contributed by atoms with Crippen LogP contribution in [-0.2, 0) is 16.0 Å². The number of ether oxygens (including phenoxy) is 1. The quantitative estimate of drug-likeness (QED) is 0.730. The van der Waals surface area contributed by atoms with Gasteiger partial charge in [0.25, 0.3) is 11.1 Å². The van der Waals surface area contributed by atoms with Crippen LogP contribution < -0.4 is 9.64 Å². The first-order chi connectivity index (χ1) is 13.4. The van der Waals surface area contributed by atoms with Gasteiger partial charge in [0.05, 0.1) is 10.6 Å². The van der Waals surface area contributed by atoms with E-state index in [4.69, 9.17) is 9.84 Å². The first-order valence-corrected chi connectivity index (χ1v) is 9.57. The van der Waals surface area contributed by atoms with Crippen molar-refractivity contribution in [1.29, 1.82) is 0 Å². The van der Waals surface area contributed by atoms with E-state index in [9.17, 15) is 14.4 Å². The summed E-state index contributed by atoms with van der Waals surface area (Å²) in [4.78, 5) is 37.5. The molecule has 1 aliphatic heterocycles. The number of anilines is 1. The number of carbonyl (C=O) groups excluding carboxylic acids is 2. The number of rotatable bonds is 6. The minimum absolute atomic E-state index is 0.299. The Balaban J connectivity index is 1.82. The monoisotopic (exact) mass is 397 g/mol. The highest BCUT2D eigenvalue weighted by Crippen LogP contribution is 2.36. The summed E-state index contributed by atoms with van der Waals surface area (Å²) >= 11 is 0.870. The lowest BCUT2D eigenvalue weighted by atomic mass is 10.1. The smallest absolute Gasteiger partial charge is 0.344 e. The van der Waals surface area contributed by atoms with Crippen LogP contribution in [-0.4, -0.2) is 28.3 Å². The van der Waals surface area contributed by atoms with Gasteiger partial charge in [0.2, 0.25) is 0 Å². The molecule has 1 atom stereocenters. The minimum atomic E-state index is -1.07. The molecule has 0 radical (unpaired) electrons. The summed E-state index contributed by atoms with van der Waals surface area (Å²) in [5, 5.41) is 8.59. The number of benzene rings is 2. The van der Waals surface area contributed by atoms with Crippen LogP contribution in [0.4, 0.5) is 10.5 Å². The van der Waals surface area contributed by atoms with Crippen molar-refractivity contribution in [2.45, 2.75) is 26.4 Å². The molecule has 2 amide bonds. The van der Waals surface area contributed by atoms with Gasteiger partial charge in [-0.15, -0.1) is 0 Å². The van der Waals surface area contributed by atoms with Gasteiger partial charge in [0, 0.05) is 0 Å². The molecule has 2 aromatic rings. The second-order valence-corrected chi connectivity index (χ2v) is 7.20. The Bertz CT molecular complexity index is 952. The van der Waals surface area contributed by atoms with Crippen molar-refractivity contribution < 1.29 is 24.2 Å². The van der Waals surface area contributed by atoms with Crippen molar-refractivity contribution in [1.82, 2.24) is 0 Å². The molecule has 2 aromatic carbocycles. The van der Waals surface area contributed by atoms with Gasteiger partial charge in [0.1, 0.15) is 5.75 Å². The van der Waals surface area contributed by atoms with E-state index in [0.29, 0.717) is 21.9 Å². The van der Waals surface area contributed by atoms with Gasteiger partial charge in [0.15, 0.2) is 6.10 Å². The van der Waals surface area contributed by atoms with Crippen molar-refractivity contribution >= 4 is 40.6 Å². The highest BCUT2D eigenvalue weighted by atomic mass is 32.2. The Morgan fingerprint density at radius 1 is 1.21 bits per heavy atom. The summed E-state index contributed by atoms with van der Waals surface area (Å²) in [6.07, 6.45) is 1.48. The number of carboxylic acids is 1. The molecule has 144 valence electrons. The zero-order valence-electron chi connectivity index (χ0n) is 15.4. The minimum Gasteiger partial charge on any atom is -0.479 e. The Kier molecular flexibility index (Phi) is 5.84. The number of hydrogen-bond acceptors (Lipinski definition) is 5. The lowest BCUT2D eigenvalue weighted by Gasteiger charge is -2.12. The summed E-state index contributed by atoms with van der Waals surface area (Å²) in [6.45, 7) is 3.47. The van der Waals surface area contributed by atoms with Gasteiger partial charge in [-0.3, -0.25) is 9.59 Å². The molecule has 0 aliphatic carbocycles. The summed E-state index contributed by atoms with van der Waals surface area (Å²) < 4.78 is 5.34. The fourth-order valence-corrected chi connectivity index (χ4v) is 3.50. The molecule has 1 N–H and O–H groups in total. The van der Waals surface area contributed by atoms with E-state index < -0.39 is 12.1 Å². The zero-order valence-corrected chi connectivity index (χ0v) is 16.2. The average molecular weight is 397 g/mol. The van der Waals surface area contributed by atoms with E-state index in [-0.39, 0.29) is 11.1 Å². The van der Waals surface area contributed by atoms with Crippen LogP contribution in [0.15, 0.2) is 53.4 Å². The summed E-state index contributed by atoms with van der Waals surface area (Å²) in [5.74, 6) is -1.08. The van der Waals surface area contributed by atoms with Crippen LogP contribution in [0.2, 0.25) is 0 Å². The number of thioether (sulfide) groups is 1. The average Bonchev–Trinajstić information content (AvgIpc) is 2.95. The van der Waals surface area contributed by atoms with Gasteiger partial charge < -0.3 is 9.84 Å². The van der Waals surface area contributed by atoms with E-state index in [1.54, 1.807) is 42.5 Å². The molecule has 28 heavy (non-hydrogen) atoms. The number of carboxylic acid groups (broad SMARTS) is 1. The maximum absolute atomic E-state index is 12.7. The van der Waals surface area contributed by atoms with Crippen LogP contribution in [0.25, 0.3) is 6.08 Å². The first-order valence-electron chi connectivity index (χ1n) is 8.75. The molecule has 3 rings (SSSR count). The van der Waals surface area contributed by atoms with Crippen molar-refractivity contribution in [2.75, 3.05) is 4.90 Å². The highest BCUT2D eigenvalue weighted by molar-refractivity contribution is 8.19. The second-order valence-electron chi connectivity index (χ2n) is 6.21. The predicted octanol–water partition coefficient (Wildman–Crippen LogP) is 4.34. The molecule has 0 spiro atoms. The van der Waals surface area contributed by atoms with Gasteiger partial charge in [-0.05, 0) is 66.6 Å². The Morgan fingerprint density at radius 3 is 2.57 bits per heavy atom. The van der Waals surface area contributed by atoms with Crippen LogP contribution in [0, 0.1) is 0 Å². The van der Waals surface area contributed by atoms with E-state index in [1.165, 1.54) is 6.92 Å². The number of nitrogens with zero attached hydrogens (tertiary/aromatic N) is 1. The largest absolute Gasteiger partial charge is 0.479 e. The lowest BCUT2D eigenvalue weighted by Crippen LogP contribution is -2.27. The molecule has 0 bridgehead atoms. The number of amides is 2. The third kappa shape index (κ3) is 4.26. The van der Waals surface area contributed by atoms with Crippen molar-refractivity contribution in [3.8, 4) is 5.75 Å². The van der Waals surface area contributed by atoms with E-state index in [1.807, 2.05) is 19.1 Å². The molecule has 1 saturated heterocycles. The third-order valence-corrected chi connectivity index (χ3v) is 5.08. The molecule has 1 aliphatic rings. The fraction of sp³-hybridized carbons (Fsp3) is 0.190. The van der Waals surface area contributed by atoms with E-state index in [2.05, 4.69) is 0 Å². The van der Waals surface area contributed by atoms with Crippen LogP contribution >= 0.6 is 11.8 Å². The Morgan fingerprint density at radius 2 is 1.93 bits per heavy atom. The second kappa shape index (κ2) is 8.31. The van der Waals surface area contributed by atoms with Crippen molar-refractivity contribution in [3.63, 3.8) is 0 Å². The van der Waals surface area contributed by atoms with Gasteiger partial charge in [-0.2, -0.15) is 0 Å². The van der Waals surface area contributed by atoms with Gasteiger partial charge in [-0.1, -0.05) is 31.2 Å². The molecular weight excluding hydrogens is 378 g/mol. The number of aliphatic carboxylic acids is 1. The maximum atomic E-state index is 12.7. The Labute approximate surface area is 166 Å². The van der Waals surface area contributed by atoms with Crippen LogP contribution in [0.1, 0.15) is 25.0 Å². The first kappa shape index (κ1) is 19.7. The Hall–Kier alpha value is -3.06. The molecule has 6 nitrogen and oxygen atoms in total. The highest BCUT2D eigenvalue weighted by Gasteiger charge is 2.36. The van der Waals surface area contributed by atoms with Crippen LogP contribution in [0.3, 0.4) is 0 Å². The standard InChI is InChI=1S/C21H19NO5S/c1-3-14-7-9-16(10-8-14)22-19(23)18(28-21(22)26)12-15-5-4-6-17(11-15)27-13(2)20(24)25/h4-13H,3H2,1-2H3,(H,24,25)/b18-12+. The molecule has 0 aromatic heterocycles. The number of hydrogen-bond donors (Lipinski definition) is 1. The molecule has 7 heteroatoms. The van der Waals surface area contributed by atoms with Crippen LogP contribution in [0.5, 0.6) is 5.75 Å². The van der Waals surface area contributed by atoms with Crippen molar-refractivity contribution in [3.05, 3.63) is 64.6 Å². The fourth-order valence-electron chi connectivity index (χ4n) is 2.65. The lowest BCUT2D eigenvalue weighted by molar-refractivity contribution is -0.144. The molecule has 1 unspecified atom stereocenters. The predicted molar refractivity (Wildman–Crippen MR) is 108 cm³/mol. The number of imide groups is 1. The maximum Gasteiger partial charge on any atom is 0.344 e. The normalized spacial score (nSPS) is 16.5. The topological polar surface area (TPSA) is 83.9 Å². The number of aryl methyl sites for hydroxylation is 1. The van der Waals surface area contributed by atoms with Gasteiger partial charge >= 0.3 is 5.97 Å². The van der Waals surface area contributed by atoms with E-state index in [0.717, 1.165) is 28.6 Å². The summed E-state index contributed by atoms with van der Waals surface area (Å²) in [6, 6.07) is 14.0. The summed E-state index contributed by atoms with van der Waals surface area (Å²) in [5.41, 5.74) is 2.30. The molecule has 0 saturated carbocycles.